The van der Waals surface area contributed by atoms with Crippen LogP contribution in [-0.2, 0) is 4.74 Å². The molecule has 1 aromatic rings. The maximum Gasteiger partial charge on any atom is 0.153 e. The Morgan fingerprint density at radius 3 is 3.29 bits per heavy atom. The van der Waals surface area contributed by atoms with Crippen molar-refractivity contribution in [1.82, 2.24) is 4.98 Å². The van der Waals surface area contributed by atoms with E-state index in [1.54, 1.807) is 18.3 Å². The van der Waals surface area contributed by atoms with E-state index in [0.29, 0.717) is 5.56 Å². The second kappa shape index (κ2) is 5.77. The molecule has 0 spiro atoms. The quantitative estimate of drug-likeness (QED) is 0.746. The molecule has 0 aliphatic carbocycles. The third kappa shape index (κ3) is 2.82. The first-order valence-electron chi connectivity index (χ1n) is 6.12. The molecule has 0 saturated carbocycles. The Bertz CT molecular complexity index is 379. The number of nitrogens with zero attached hydrogens (tertiary/aromatic N) is 2. The maximum absolute atomic E-state index is 11.0. The van der Waals surface area contributed by atoms with Crippen molar-refractivity contribution in [3.8, 4) is 0 Å². The Kier molecular flexibility index (Phi) is 4.09. The van der Waals surface area contributed by atoms with Crippen molar-refractivity contribution >= 4 is 12.1 Å². The van der Waals surface area contributed by atoms with E-state index in [0.717, 1.165) is 44.6 Å². The van der Waals surface area contributed by atoms with E-state index < -0.39 is 0 Å². The summed E-state index contributed by atoms with van der Waals surface area (Å²) < 4.78 is 5.65. The van der Waals surface area contributed by atoms with Crippen LogP contribution in [0, 0.1) is 0 Å². The molecule has 1 aromatic heterocycles. The lowest BCUT2D eigenvalue weighted by Gasteiger charge is -2.33. The molecule has 0 radical (unpaired) electrons. The normalized spacial score (nSPS) is 20.3. The molecule has 1 aliphatic rings. The van der Waals surface area contributed by atoms with Crippen LogP contribution in [0.1, 0.15) is 30.1 Å². The van der Waals surface area contributed by atoms with Gasteiger partial charge in [0.15, 0.2) is 6.29 Å². The van der Waals surface area contributed by atoms with E-state index in [9.17, 15) is 4.79 Å². The van der Waals surface area contributed by atoms with Gasteiger partial charge in [-0.05, 0) is 31.9 Å². The van der Waals surface area contributed by atoms with Gasteiger partial charge in [-0.1, -0.05) is 0 Å². The molecule has 2 rings (SSSR count). The molecule has 0 N–H and O–H groups in total. The van der Waals surface area contributed by atoms with E-state index in [4.69, 9.17) is 4.74 Å². The van der Waals surface area contributed by atoms with E-state index in [1.807, 2.05) is 6.92 Å². The van der Waals surface area contributed by atoms with Crippen molar-refractivity contribution in [1.29, 1.82) is 0 Å². The highest BCUT2D eigenvalue weighted by Crippen LogP contribution is 2.21. The molecular weight excluding hydrogens is 216 g/mol. The third-order valence-corrected chi connectivity index (χ3v) is 3.02. The second-order valence-corrected chi connectivity index (χ2v) is 4.20. The van der Waals surface area contributed by atoms with Crippen LogP contribution in [0.25, 0.3) is 0 Å². The molecule has 1 atom stereocenters. The molecule has 1 unspecified atom stereocenters. The standard InChI is InChI=1S/C13H18N2O2/c1-2-17-12-6-4-8-15(9-12)13-11(10-16)5-3-7-14-13/h3,5,7,10,12H,2,4,6,8-9H2,1H3. The first-order chi connectivity index (χ1) is 8.35. The molecule has 0 bridgehead atoms. The molecule has 1 saturated heterocycles. The first kappa shape index (κ1) is 12.0. The molecule has 0 amide bonds. The summed E-state index contributed by atoms with van der Waals surface area (Å²) in [5.74, 6) is 0.784. The summed E-state index contributed by atoms with van der Waals surface area (Å²) in [5.41, 5.74) is 0.657. The van der Waals surface area contributed by atoms with Crippen LogP contribution >= 0.6 is 0 Å². The summed E-state index contributed by atoms with van der Waals surface area (Å²) in [5, 5.41) is 0. The van der Waals surface area contributed by atoms with Crippen molar-refractivity contribution in [2.75, 3.05) is 24.6 Å². The molecule has 17 heavy (non-hydrogen) atoms. The van der Waals surface area contributed by atoms with Crippen LogP contribution in [0.5, 0.6) is 0 Å². The summed E-state index contributed by atoms with van der Waals surface area (Å²) in [7, 11) is 0. The van der Waals surface area contributed by atoms with Gasteiger partial charge < -0.3 is 9.64 Å². The van der Waals surface area contributed by atoms with Gasteiger partial charge in [-0.3, -0.25) is 4.79 Å². The summed E-state index contributed by atoms with van der Waals surface area (Å²) >= 11 is 0. The molecule has 1 aliphatic heterocycles. The SMILES string of the molecule is CCOC1CCCN(c2ncccc2C=O)C1. The van der Waals surface area contributed by atoms with Crippen molar-refractivity contribution in [3.63, 3.8) is 0 Å². The van der Waals surface area contributed by atoms with Gasteiger partial charge in [0, 0.05) is 25.9 Å². The molecule has 0 aromatic carbocycles. The topological polar surface area (TPSA) is 42.4 Å². The van der Waals surface area contributed by atoms with Gasteiger partial charge >= 0.3 is 0 Å². The average Bonchev–Trinajstić information content (AvgIpc) is 2.39. The molecule has 2 heterocycles. The van der Waals surface area contributed by atoms with Gasteiger partial charge in [0.2, 0.25) is 0 Å². The third-order valence-electron chi connectivity index (χ3n) is 3.02. The largest absolute Gasteiger partial charge is 0.377 e. The monoisotopic (exact) mass is 234 g/mol. The van der Waals surface area contributed by atoms with Gasteiger partial charge in [-0.2, -0.15) is 0 Å². The Balaban J connectivity index is 2.13. The van der Waals surface area contributed by atoms with Gasteiger partial charge in [0.25, 0.3) is 0 Å². The molecule has 1 fully saturated rings. The zero-order valence-corrected chi connectivity index (χ0v) is 10.1. The van der Waals surface area contributed by atoms with E-state index in [2.05, 4.69) is 9.88 Å². The van der Waals surface area contributed by atoms with Gasteiger partial charge in [-0.15, -0.1) is 0 Å². The molecule has 4 heteroatoms. The van der Waals surface area contributed by atoms with Crippen molar-refractivity contribution in [2.24, 2.45) is 0 Å². The Hall–Kier alpha value is -1.42. The number of carbonyl (C=O) groups is 1. The highest BCUT2D eigenvalue weighted by molar-refractivity contribution is 5.82. The minimum atomic E-state index is 0.259. The summed E-state index contributed by atoms with van der Waals surface area (Å²) in [6.07, 6.45) is 5.03. The lowest BCUT2D eigenvalue weighted by atomic mass is 10.1. The predicted octanol–water partition coefficient (Wildman–Crippen LogP) is 1.90. The number of hydrogen-bond acceptors (Lipinski definition) is 4. The van der Waals surface area contributed by atoms with Crippen LogP contribution in [0.2, 0.25) is 0 Å². The van der Waals surface area contributed by atoms with Gasteiger partial charge in [-0.25, -0.2) is 4.98 Å². The number of carbonyl (C=O) groups excluding carboxylic acids is 1. The highest BCUT2D eigenvalue weighted by atomic mass is 16.5. The fraction of sp³-hybridized carbons (Fsp3) is 0.538. The van der Waals surface area contributed by atoms with Crippen LogP contribution in [0.3, 0.4) is 0 Å². The van der Waals surface area contributed by atoms with Crippen molar-refractivity contribution in [2.45, 2.75) is 25.9 Å². The summed E-state index contributed by atoms with van der Waals surface area (Å²) in [4.78, 5) is 17.4. The van der Waals surface area contributed by atoms with Crippen LogP contribution < -0.4 is 4.90 Å². The number of aromatic nitrogens is 1. The van der Waals surface area contributed by atoms with E-state index >= 15 is 0 Å². The number of piperidine rings is 1. The fourth-order valence-electron chi connectivity index (χ4n) is 2.27. The minimum Gasteiger partial charge on any atom is -0.377 e. The van der Waals surface area contributed by atoms with E-state index in [1.165, 1.54) is 0 Å². The number of rotatable bonds is 4. The zero-order chi connectivity index (χ0) is 12.1. The smallest absolute Gasteiger partial charge is 0.153 e. The molecule has 4 nitrogen and oxygen atoms in total. The Morgan fingerprint density at radius 2 is 2.53 bits per heavy atom. The maximum atomic E-state index is 11.0. The number of anilines is 1. The predicted molar refractivity (Wildman–Crippen MR) is 66.5 cm³/mol. The number of hydrogen-bond donors (Lipinski definition) is 0. The highest BCUT2D eigenvalue weighted by Gasteiger charge is 2.22. The van der Waals surface area contributed by atoms with Gasteiger partial charge in [0.1, 0.15) is 5.82 Å². The molecule has 92 valence electrons. The van der Waals surface area contributed by atoms with Crippen LogP contribution in [0.15, 0.2) is 18.3 Å². The number of pyridine rings is 1. The lowest BCUT2D eigenvalue weighted by molar-refractivity contribution is 0.0524. The van der Waals surface area contributed by atoms with Crippen LogP contribution in [-0.4, -0.2) is 37.1 Å². The minimum absolute atomic E-state index is 0.259. The second-order valence-electron chi connectivity index (χ2n) is 4.20. The van der Waals surface area contributed by atoms with Gasteiger partial charge in [0.05, 0.1) is 11.7 Å². The Morgan fingerprint density at radius 1 is 1.65 bits per heavy atom. The lowest BCUT2D eigenvalue weighted by Crippen LogP contribution is -2.40. The zero-order valence-electron chi connectivity index (χ0n) is 10.1. The number of aldehydes is 1. The fourth-order valence-corrected chi connectivity index (χ4v) is 2.27. The van der Waals surface area contributed by atoms with E-state index in [-0.39, 0.29) is 6.10 Å². The summed E-state index contributed by atoms with van der Waals surface area (Å²) in [6, 6.07) is 3.59. The number of ether oxygens (including phenoxy) is 1. The first-order valence-corrected chi connectivity index (χ1v) is 6.12. The average molecular weight is 234 g/mol. The Labute approximate surface area is 102 Å². The van der Waals surface area contributed by atoms with Crippen molar-refractivity contribution in [3.05, 3.63) is 23.9 Å². The molecular formula is C13H18N2O2. The van der Waals surface area contributed by atoms with Crippen molar-refractivity contribution < 1.29 is 9.53 Å². The summed E-state index contributed by atoms with van der Waals surface area (Å²) in [6.45, 7) is 4.52. The van der Waals surface area contributed by atoms with Crippen LogP contribution in [0.4, 0.5) is 5.82 Å².